The highest BCUT2D eigenvalue weighted by atomic mass is 16.5. The van der Waals surface area contributed by atoms with Crippen LogP contribution in [-0.4, -0.2) is 17.6 Å². The fourth-order valence-electron chi connectivity index (χ4n) is 2.00. The average Bonchev–Trinajstić information content (AvgIpc) is 2.46. The summed E-state index contributed by atoms with van der Waals surface area (Å²) in [6, 6.07) is 6.02. The van der Waals surface area contributed by atoms with Gasteiger partial charge in [-0.2, -0.15) is 0 Å². The zero-order valence-electron chi connectivity index (χ0n) is 16.8. The summed E-state index contributed by atoms with van der Waals surface area (Å²) in [4.78, 5) is 0. The fourth-order valence-corrected chi connectivity index (χ4v) is 2.00. The highest BCUT2D eigenvalue weighted by Crippen LogP contribution is 2.33. The van der Waals surface area contributed by atoms with Crippen LogP contribution in [0, 0.1) is 12.3 Å². The molecule has 1 rings (SSSR count). The Morgan fingerprint density at radius 3 is 1.96 bits per heavy atom. The second-order valence-electron chi connectivity index (χ2n) is 7.81. The summed E-state index contributed by atoms with van der Waals surface area (Å²) in [7, 11) is 0. The highest BCUT2D eigenvalue weighted by molar-refractivity contribution is 6.66. The van der Waals surface area contributed by atoms with Crippen LogP contribution in [0.25, 0.3) is 0 Å². The molecule has 0 bridgehead atoms. The number of rotatable bonds is 5. The number of benzene rings is 1. The second-order valence-corrected chi connectivity index (χ2v) is 7.81. The second kappa shape index (κ2) is 9.49. The van der Waals surface area contributed by atoms with Crippen molar-refractivity contribution in [2.24, 2.45) is 5.41 Å². The lowest BCUT2D eigenvalue weighted by Crippen LogP contribution is -2.47. The van der Waals surface area contributed by atoms with E-state index in [1.807, 2.05) is 19.1 Å². The molecule has 3 heteroatoms. The topological polar surface area (TPSA) is 29.5 Å². The Morgan fingerprint density at radius 2 is 1.57 bits per heavy atom. The number of hydrogen-bond acceptors (Lipinski definition) is 2. The molecule has 0 heterocycles. The zero-order chi connectivity index (χ0) is 18.3. The minimum atomic E-state index is -0.214. The van der Waals surface area contributed by atoms with E-state index in [1.54, 1.807) is 0 Å². The number of aliphatic hydroxyl groups excluding tert-OH is 1. The molecule has 0 saturated carbocycles. The normalized spacial score (nSPS) is 11.7. The Hall–Kier alpha value is -0.795. The van der Waals surface area contributed by atoms with Crippen molar-refractivity contribution in [3.05, 3.63) is 29.3 Å². The van der Waals surface area contributed by atoms with E-state index in [-0.39, 0.29) is 24.5 Å². The molecule has 0 saturated heterocycles. The molecule has 0 aliphatic heterocycles. The van der Waals surface area contributed by atoms with Crippen molar-refractivity contribution in [3.63, 3.8) is 0 Å². The van der Waals surface area contributed by atoms with Crippen LogP contribution in [0.3, 0.4) is 0 Å². The Bertz CT molecular complexity index is 459. The molecule has 23 heavy (non-hydrogen) atoms. The van der Waals surface area contributed by atoms with Crippen LogP contribution in [-0.2, 0) is 11.3 Å². The van der Waals surface area contributed by atoms with E-state index in [0.717, 1.165) is 16.6 Å². The van der Waals surface area contributed by atoms with Gasteiger partial charge in [-0.05, 0) is 42.8 Å². The maximum Gasteiger partial charge on any atom is 0.324 e. The van der Waals surface area contributed by atoms with Crippen LogP contribution in [0.15, 0.2) is 18.2 Å². The summed E-state index contributed by atoms with van der Waals surface area (Å²) < 4.78 is 6.29. The Morgan fingerprint density at radius 1 is 1.04 bits per heavy atom. The lowest BCUT2D eigenvalue weighted by atomic mass is 9.60. The van der Waals surface area contributed by atoms with Crippen molar-refractivity contribution < 1.29 is 9.76 Å². The van der Waals surface area contributed by atoms with E-state index in [1.165, 1.54) is 12.8 Å². The van der Waals surface area contributed by atoms with Crippen LogP contribution in [0.5, 0.6) is 0 Å². The SMILES string of the molecule is CB(OC(C)(C)C(C)(C)C)c1cccc(CO)c1C.CCCC. The van der Waals surface area contributed by atoms with E-state index in [0.29, 0.717) is 0 Å². The van der Waals surface area contributed by atoms with E-state index >= 15 is 0 Å². The minimum Gasteiger partial charge on any atom is -0.426 e. The highest BCUT2D eigenvalue weighted by Gasteiger charge is 2.36. The predicted molar refractivity (Wildman–Crippen MR) is 104 cm³/mol. The molecule has 0 fully saturated rings. The maximum absolute atomic E-state index is 9.35. The van der Waals surface area contributed by atoms with Crippen molar-refractivity contribution >= 4 is 12.4 Å². The van der Waals surface area contributed by atoms with Crippen molar-refractivity contribution in [1.29, 1.82) is 0 Å². The summed E-state index contributed by atoms with van der Waals surface area (Å²) in [6.45, 7) is 19.4. The summed E-state index contributed by atoms with van der Waals surface area (Å²) in [5.74, 6) is 0. The van der Waals surface area contributed by atoms with Gasteiger partial charge in [0.05, 0.1) is 12.2 Å². The number of unbranched alkanes of at least 4 members (excludes halogenated alkanes) is 1. The fraction of sp³-hybridized carbons (Fsp3) is 0.700. The molecule has 0 aliphatic rings. The van der Waals surface area contributed by atoms with Crippen molar-refractivity contribution in [1.82, 2.24) is 0 Å². The van der Waals surface area contributed by atoms with E-state index in [9.17, 15) is 5.11 Å². The van der Waals surface area contributed by atoms with Gasteiger partial charge >= 0.3 is 6.92 Å². The van der Waals surface area contributed by atoms with Crippen molar-refractivity contribution in [2.45, 2.75) is 87.3 Å². The van der Waals surface area contributed by atoms with Gasteiger partial charge in [0.1, 0.15) is 0 Å². The largest absolute Gasteiger partial charge is 0.426 e. The van der Waals surface area contributed by atoms with Crippen LogP contribution >= 0.6 is 0 Å². The first-order valence-corrected chi connectivity index (χ1v) is 8.88. The van der Waals surface area contributed by atoms with Crippen LogP contribution in [0.4, 0.5) is 0 Å². The first-order chi connectivity index (χ1) is 10.5. The number of aliphatic hydroxyl groups is 1. The zero-order valence-corrected chi connectivity index (χ0v) is 16.8. The van der Waals surface area contributed by atoms with Crippen molar-refractivity contribution in [3.8, 4) is 0 Å². The van der Waals surface area contributed by atoms with Crippen LogP contribution in [0.2, 0.25) is 6.82 Å². The molecule has 0 aromatic heterocycles. The molecule has 0 aliphatic carbocycles. The Kier molecular flexibility index (Phi) is 9.16. The first-order valence-electron chi connectivity index (χ1n) is 8.88. The molecule has 132 valence electrons. The summed E-state index contributed by atoms with van der Waals surface area (Å²) in [6.07, 6.45) is 2.64. The average molecular weight is 320 g/mol. The molecule has 0 atom stereocenters. The van der Waals surface area contributed by atoms with E-state index < -0.39 is 0 Å². The van der Waals surface area contributed by atoms with Crippen LogP contribution < -0.4 is 5.46 Å². The van der Waals surface area contributed by atoms with Gasteiger partial charge in [-0.1, -0.05) is 72.5 Å². The van der Waals surface area contributed by atoms with Gasteiger partial charge in [0.25, 0.3) is 0 Å². The molecule has 2 nitrogen and oxygen atoms in total. The molecule has 1 N–H and O–H groups in total. The van der Waals surface area contributed by atoms with Gasteiger partial charge in [-0.3, -0.25) is 0 Å². The summed E-state index contributed by atoms with van der Waals surface area (Å²) in [5, 5.41) is 9.35. The summed E-state index contributed by atoms with van der Waals surface area (Å²) in [5.41, 5.74) is 3.12. The van der Waals surface area contributed by atoms with Gasteiger partial charge in [0.2, 0.25) is 0 Å². The van der Waals surface area contributed by atoms with E-state index in [2.05, 4.69) is 61.4 Å². The molecule has 0 radical (unpaired) electrons. The van der Waals surface area contributed by atoms with Gasteiger partial charge < -0.3 is 9.76 Å². The minimum absolute atomic E-state index is 0.0146. The first kappa shape index (κ1) is 22.2. The third-order valence-electron chi connectivity index (χ3n) is 4.87. The quantitative estimate of drug-likeness (QED) is 0.777. The molecular weight excluding hydrogens is 283 g/mol. The molecule has 1 aromatic rings. The lowest BCUT2D eigenvalue weighted by Gasteiger charge is -2.41. The third-order valence-corrected chi connectivity index (χ3v) is 4.87. The lowest BCUT2D eigenvalue weighted by molar-refractivity contribution is 0.000429. The molecule has 0 unspecified atom stereocenters. The molecule has 0 amide bonds. The van der Waals surface area contributed by atoms with Gasteiger partial charge in [-0.15, -0.1) is 0 Å². The standard InChI is InChI=1S/C16H27BO2.C4H10/c1-12-13(11-18)9-8-10-14(12)17(7)19-16(5,6)15(2,3)4;1-3-4-2/h8-10,18H,11H2,1-7H3;3-4H2,1-2H3. The van der Waals surface area contributed by atoms with E-state index in [4.69, 9.17) is 4.65 Å². The Labute approximate surface area is 144 Å². The van der Waals surface area contributed by atoms with Crippen molar-refractivity contribution in [2.75, 3.05) is 0 Å². The van der Waals surface area contributed by atoms with Gasteiger partial charge in [0.15, 0.2) is 0 Å². The molecule has 0 spiro atoms. The van der Waals surface area contributed by atoms with Gasteiger partial charge in [0, 0.05) is 0 Å². The van der Waals surface area contributed by atoms with Crippen LogP contribution in [0.1, 0.15) is 72.4 Å². The summed E-state index contributed by atoms with van der Waals surface area (Å²) >= 11 is 0. The molecular formula is C20H37BO2. The van der Waals surface area contributed by atoms with Gasteiger partial charge in [-0.25, -0.2) is 0 Å². The number of hydrogen-bond donors (Lipinski definition) is 1. The molecule has 1 aromatic carbocycles. The maximum atomic E-state index is 9.35. The Balaban J connectivity index is 0.00000108. The monoisotopic (exact) mass is 320 g/mol. The third kappa shape index (κ3) is 6.68. The smallest absolute Gasteiger partial charge is 0.324 e. The predicted octanol–water partition coefficient (Wildman–Crippen LogP) is 4.96.